The van der Waals surface area contributed by atoms with Crippen LogP contribution < -0.4 is 10.5 Å². The highest BCUT2D eigenvalue weighted by Gasteiger charge is 2.31. The minimum atomic E-state index is -4.84. The van der Waals surface area contributed by atoms with E-state index in [4.69, 9.17) is 22.4 Å². The standard InChI is InChI=1S/C10H9ClF3NO3/c11-6-1-5(3-8(15)9(16)17)2-7(4-6)18-10(12,13)14/h1-2,4,8H,3,15H2,(H,16,17). The molecule has 1 rings (SSSR count). The first-order chi connectivity index (χ1) is 8.17. The van der Waals surface area contributed by atoms with E-state index in [2.05, 4.69) is 4.74 Å². The van der Waals surface area contributed by atoms with Crippen molar-refractivity contribution in [3.63, 3.8) is 0 Å². The lowest BCUT2D eigenvalue weighted by molar-refractivity contribution is -0.274. The third-order valence-electron chi connectivity index (χ3n) is 1.94. The van der Waals surface area contributed by atoms with Gasteiger partial charge in [0.2, 0.25) is 0 Å². The van der Waals surface area contributed by atoms with Gasteiger partial charge in [0.25, 0.3) is 0 Å². The number of carboxylic acids is 1. The fourth-order valence-corrected chi connectivity index (χ4v) is 1.52. The van der Waals surface area contributed by atoms with Crippen molar-refractivity contribution in [2.45, 2.75) is 18.8 Å². The van der Waals surface area contributed by atoms with Gasteiger partial charge in [0.1, 0.15) is 11.8 Å². The van der Waals surface area contributed by atoms with Gasteiger partial charge in [-0.1, -0.05) is 11.6 Å². The van der Waals surface area contributed by atoms with Crippen molar-refractivity contribution in [2.24, 2.45) is 5.73 Å². The number of aliphatic carboxylic acids is 1. The molecule has 100 valence electrons. The van der Waals surface area contributed by atoms with E-state index in [1.54, 1.807) is 0 Å². The number of halogens is 4. The molecule has 0 aromatic heterocycles. The van der Waals surface area contributed by atoms with Gasteiger partial charge < -0.3 is 15.6 Å². The van der Waals surface area contributed by atoms with Gasteiger partial charge in [-0.3, -0.25) is 4.79 Å². The number of alkyl halides is 3. The molecule has 0 fully saturated rings. The summed E-state index contributed by atoms with van der Waals surface area (Å²) in [6.07, 6.45) is -4.99. The van der Waals surface area contributed by atoms with E-state index in [1.807, 2.05) is 0 Å². The van der Waals surface area contributed by atoms with E-state index < -0.39 is 24.1 Å². The summed E-state index contributed by atoms with van der Waals surface area (Å²) in [6, 6.07) is 2.13. The maximum Gasteiger partial charge on any atom is 0.573 e. The van der Waals surface area contributed by atoms with Crippen molar-refractivity contribution < 1.29 is 27.8 Å². The van der Waals surface area contributed by atoms with Crippen LogP contribution in [-0.4, -0.2) is 23.5 Å². The second kappa shape index (κ2) is 5.45. The molecule has 1 unspecified atom stereocenters. The Morgan fingerprint density at radius 3 is 2.56 bits per heavy atom. The first-order valence-corrected chi connectivity index (χ1v) is 5.09. The number of ether oxygens (including phenoxy) is 1. The van der Waals surface area contributed by atoms with Crippen LogP contribution in [0.5, 0.6) is 5.75 Å². The predicted molar refractivity (Wildman–Crippen MR) is 57.5 cm³/mol. The third-order valence-corrected chi connectivity index (χ3v) is 2.16. The second-order valence-corrected chi connectivity index (χ2v) is 3.93. The van der Waals surface area contributed by atoms with Gasteiger partial charge in [-0.15, -0.1) is 13.2 Å². The van der Waals surface area contributed by atoms with Gasteiger partial charge in [0, 0.05) is 5.02 Å². The fourth-order valence-electron chi connectivity index (χ4n) is 1.27. The van der Waals surface area contributed by atoms with Crippen LogP contribution in [0.15, 0.2) is 18.2 Å². The molecule has 0 aliphatic carbocycles. The Hall–Kier alpha value is -1.47. The molecule has 0 aliphatic heterocycles. The van der Waals surface area contributed by atoms with Crippen molar-refractivity contribution in [3.05, 3.63) is 28.8 Å². The van der Waals surface area contributed by atoms with Crippen LogP contribution >= 0.6 is 11.6 Å². The summed E-state index contributed by atoms with van der Waals surface area (Å²) in [6.45, 7) is 0. The maximum atomic E-state index is 12.0. The molecule has 4 nitrogen and oxygen atoms in total. The summed E-state index contributed by atoms with van der Waals surface area (Å²) < 4.78 is 39.7. The number of hydrogen-bond donors (Lipinski definition) is 2. The molecule has 18 heavy (non-hydrogen) atoms. The van der Waals surface area contributed by atoms with Crippen LogP contribution in [0.4, 0.5) is 13.2 Å². The van der Waals surface area contributed by atoms with Gasteiger partial charge in [-0.05, 0) is 30.2 Å². The predicted octanol–water partition coefficient (Wildman–Crippen LogP) is 2.19. The Morgan fingerprint density at radius 2 is 2.06 bits per heavy atom. The van der Waals surface area contributed by atoms with Crippen LogP contribution in [0.2, 0.25) is 5.02 Å². The number of benzene rings is 1. The molecular formula is C10H9ClF3NO3. The summed E-state index contributed by atoms with van der Waals surface area (Å²) in [7, 11) is 0. The number of carbonyl (C=O) groups is 1. The molecule has 0 bridgehead atoms. The Morgan fingerprint density at radius 1 is 1.44 bits per heavy atom. The highest BCUT2D eigenvalue weighted by atomic mass is 35.5. The van der Waals surface area contributed by atoms with E-state index >= 15 is 0 Å². The molecule has 0 spiro atoms. The van der Waals surface area contributed by atoms with Crippen molar-refractivity contribution in [1.29, 1.82) is 0 Å². The zero-order chi connectivity index (χ0) is 13.9. The molecule has 0 heterocycles. The topological polar surface area (TPSA) is 72.5 Å². The quantitative estimate of drug-likeness (QED) is 0.888. The minimum absolute atomic E-state index is 0.00402. The van der Waals surface area contributed by atoms with Crippen LogP contribution in [-0.2, 0) is 11.2 Å². The molecule has 0 radical (unpaired) electrons. The van der Waals surface area contributed by atoms with Crippen LogP contribution in [0.3, 0.4) is 0 Å². The molecular weight excluding hydrogens is 275 g/mol. The monoisotopic (exact) mass is 283 g/mol. The lowest BCUT2D eigenvalue weighted by Crippen LogP contribution is -2.32. The highest BCUT2D eigenvalue weighted by Crippen LogP contribution is 2.27. The Bertz CT molecular complexity index is 450. The molecule has 1 atom stereocenters. The van der Waals surface area contributed by atoms with E-state index in [0.717, 1.165) is 12.1 Å². The minimum Gasteiger partial charge on any atom is -0.480 e. The van der Waals surface area contributed by atoms with Gasteiger partial charge >= 0.3 is 12.3 Å². The molecule has 0 saturated heterocycles. The SMILES string of the molecule is NC(Cc1cc(Cl)cc(OC(F)(F)F)c1)C(=O)O. The summed E-state index contributed by atoms with van der Waals surface area (Å²) in [5.74, 6) is -1.77. The Kier molecular flexibility index (Phi) is 4.42. The molecule has 0 aliphatic rings. The second-order valence-electron chi connectivity index (χ2n) is 3.49. The number of rotatable bonds is 4. The van der Waals surface area contributed by atoms with Crippen LogP contribution in [0, 0.1) is 0 Å². The van der Waals surface area contributed by atoms with Gasteiger partial charge in [-0.25, -0.2) is 0 Å². The van der Waals surface area contributed by atoms with Gasteiger partial charge in [-0.2, -0.15) is 0 Å². The zero-order valence-corrected chi connectivity index (χ0v) is 9.63. The maximum absolute atomic E-state index is 12.0. The fraction of sp³-hybridized carbons (Fsp3) is 0.300. The first-order valence-electron chi connectivity index (χ1n) is 4.71. The lowest BCUT2D eigenvalue weighted by Gasteiger charge is -2.12. The Balaban J connectivity index is 2.90. The van der Waals surface area contributed by atoms with Crippen molar-refractivity contribution in [1.82, 2.24) is 0 Å². The number of hydrogen-bond acceptors (Lipinski definition) is 3. The molecule has 1 aromatic carbocycles. The zero-order valence-electron chi connectivity index (χ0n) is 8.87. The molecule has 3 N–H and O–H groups in total. The summed E-state index contributed by atoms with van der Waals surface area (Å²) in [4.78, 5) is 10.5. The van der Waals surface area contributed by atoms with E-state index in [-0.39, 0.29) is 17.0 Å². The summed E-state index contributed by atoms with van der Waals surface area (Å²) in [5, 5.41) is 8.60. The first kappa shape index (κ1) is 14.6. The number of nitrogens with two attached hydrogens (primary N) is 1. The van der Waals surface area contributed by atoms with E-state index in [0.29, 0.717) is 0 Å². The molecule has 0 saturated carbocycles. The normalized spacial score (nSPS) is 13.2. The van der Waals surface area contributed by atoms with Crippen molar-refractivity contribution >= 4 is 17.6 Å². The lowest BCUT2D eigenvalue weighted by atomic mass is 10.1. The smallest absolute Gasteiger partial charge is 0.480 e. The number of carboxylic acid groups (broad SMARTS) is 1. The van der Waals surface area contributed by atoms with Gasteiger partial charge in [0.05, 0.1) is 0 Å². The van der Waals surface area contributed by atoms with Gasteiger partial charge in [0.15, 0.2) is 0 Å². The van der Waals surface area contributed by atoms with Crippen molar-refractivity contribution in [2.75, 3.05) is 0 Å². The van der Waals surface area contributed by atoms with Crippen molar-refractivity contribution in [3.8, 4) is 5.75 Å². The highest BCUT2D eigenvalue weighted by molar-refractivity contribution is 6.30. The largest absolute Gasteiger partial charge is 0.573 e. The molecule has 0 amide bonds. The third kappa shape index (κ3) is 4.80. The molecule has 1 aromatic rings. The summed E-state index contributed by atoms with van der Waals surface area (Å²) >= 11 is 5.61. The van der Waals surface area contributed by atoms with E-state index in [9.17, 15) is 18.0 Å². The molecule has 8 heteroatoms. The van der Waals surface area contributed by atoms with Crippen LogP contribution in [0.25, 0.3) is 0 Å². The van der Waals surface area contributed by atoms with Crippen LogP contribution in [0.1, 0.15) is 5.56 Å². The average Bonchev–Trinajstić information content (AvgIpc) is 2.12. The summed E-state index contributed by atoms with van der Waals surface area (Å²) in [5.41, 5.74) is 5.52. The van der Waals surface area contributed by atoms with E-state index in [1.165, 1.54) is 6.07 Å². The average molecular weight is 284 g/mol. The Labute approximate surface area is 105 Å².